The number of ether oxygens (including phenoxy) is 2. The second kappa shape index (κ2) is 7.52. The van der Waals surface area contributed by atoms with Crippen LogP contribution in [0, 0.1) is 6.92 Å². The first-order chi connectivity index (χ1) is 16.6. The zero-order valence-corrected chi connectivity index (χ0v) is 20.8. The van der Waals surface area contributed by atoms with Crippen LogP contribution in [0.3, 0.4) is 0 Å². The van der Waals surface area contributed by atoms with Crippen LogP contribution in [0.1, 0.15) is 42.9 Å². The maximum atomic E-state index is 13.2. The molecule has 9 heteroatoms. The first-order valence-corrected chi connectivity index (χ1v) is 13.4. The number of likely N-dealkylation sites (tertiary alicyclic amines) is 1. The van der Waals surface area contributed by atoms with Gasteiger partial charge < -0.3 is 19.5 Å². The first-order valence-electron chi connectivity index (χ1n) is 12.0. The van der Waals surface area contributed by atoms with Crippen molar-refractivity contribution < 1.29 is 32.0 Å². The highest BCUT2D eigenvalue weighted by molar-refractivity contribution is 7.86. The Morgan fingerprint density at radius 2 is 1.91 bits per heavy atom. The molecule has 4 aliphatic rings. The van der Waals surface area contributed by atoms with Gasteiger partial charge in [-0.25, -0.2) is 0 Å². The predicted molar refractivity (Wildman–Crippen MR) is 126 cm³/mol. The van der Waals surface area contributed by atoms with E-state index in [1.54, 1.807) is 18.2 Å². The number of aliphatic hydroxyl groups is 1. The Morgan fingerprint density at radius 3 is 2.63 bits per heavy atom. The molecular weight excluding hydrogens is 470 g/mol. The topological polar surface area (TPSA) is 102 Å². The molecule has 1 unspecified atom stereocenters. The quantitative estimate of drug-likeness (QED) is 0.389. The maximum Gasteiger partial charge on any atom is 0.308 e. The van der Waals surface area contributed by atoms with E-state index in [0.717, 1.165) is 23.2 Å². The van der Waals surface area contributed by atoms with Crippen molar-refractivity contribution in [1.29, 1.82) is 0 Å². The van der Waals surface area contributed by atoms with Gasteiger partial charge in [0.15, 0.2) is 11.5 Å². The highest BCUT2D eigenvalue weighted by Crippen LogP contribution is 2.65. The molecule has 8 nitrogen and oxygen atoms in total. The number of esters is 1. The van der Waals surface area contributed by atoms with E-state index < -0.39 is 39.3 Å². The minimum absolute atomic E-state index is 0.0862. The van der Waals surface area contributed by atoms with Gasteiger partial charge in [-0.3, -0.25) is 8.98 Å². The van der Waals surface area contributed by atoms with Gasteiger partial charge in [-0.15, -0.1) is 0 Å². The van der Waals surface area contributed by atoms with Crippen LogP contribution in [0.25, 0.3) is 0 Å². The summed E-state index contributed by atoms with van der Waals surface area (Å²) in [6.45, 7) is 3.94. The van der Waals surface area contributed by atoms with Crippen molar-refractivity contribution in [2.75, 3.05) is 13.6 Å². The fraction of sp³-hybridized carbons (Fsp3) is 0.500. The predicted octanol–water partition coefficient (Wildman–Crippen LogP) is 2.48. The second-order valence-electron chi connectivity index (χ2n) is 10.3. The number of piperidine rings is 1. The molecule has 1 saturated carbocycles. The third kappa shape index (κ3) is 3.08. The van der Waals surface area contributed by atoms with Crippen LogP contribution >= 0.6 is 0 Å². The van der Waals surface area contributed by atoms with E-state index in [1.165, 1.54) is 19.1 Å². The zero-order valence-electron chi connectivity index (χ0n) is 20.0. The van der Waals surface area contributed by atoms with E-state index in [0.29, 0.717) is 37.2 Å². The number of benzene rings is 2. The largest absolute Gasteiger partial charge is 0.482 e. The lowest BCUT2D eigenvalue weighted by Gasteiger charge is -2.63. The Kier molecular flexibility index (Phi) is 4.94. The molecule has 5 atom stereocenters. The SMILES string of the molecule is CC(=O)Oc1ccc2c3c1O[C@H]1[C@@H](OS(=O)(=O)c4ccc(C)cc4)CCC4(O)[C@@H](C2)N(C)CC[C@]314. The molecule has 2 heterocycles. The molecule has 2 aromatic rings. The van der Waals surface area contributed by atoms with Gasteiger partial charge in [-0.1, -0.05) is 23.8 Å². The van der Waals surface area contributed by atoms with Crippen LogP contribution in [0.4, 0.5) is 0 Å². The number of nitrogens with zero attached hydrogens (tertiary/aromatic N) is 1. The molecule has 0 aromatic heterocycles. The molecule has 1 saturated heterocycles. The van der Waals surface area contributed by atoms with Crippen molar-refractivity contribution in [3.8, 4) is 11.5 Å². The minimum Gasteiger partial charge on any atom is -0.482 e. The van der Waals surface area contributed by atoms with Gasteiger partial charge in [0, 0.05) is 18.5 Å². The normalized spacial score (nSPS) is 33.1. The summed E-state index contributed by atoms with van der Waals surface area (Å²) in [7, 11) is -2.04. The lowest BCUT2D eigenvalue weighted by Crippen LogP contribution is -2.76. The summed E-state index contributed by atoms with van der Waals surface area (Å²) in [5.41, 5.74) is 0.848. The Morgan fingerprint density at radius 1 is 1.17 bits per heavy atom. The molecule has 2 aliphatic carbocycles. The Balaban J connectivity index is 1.47. The summed E-state index contributed by atoms with van der Waals surface area (Å²) in [4.78, 5) is 14.1. The van der Waals surface area contributed by atoms with Gasteiger partial charge in [-0.05, 0) is 70.0 Å². The number of hydrogen-bond donors (Lipinski definition) is 1. The molecule has 186 valence electrons. The smallest absolute Gasteiger partial charge is 0.308 e. The van der Waals surface area contributed by atoms with Crippen molar-refractivity contribution in [2.24, 2.45) is 0 Å². The number of likely N-dealkylation sites (N-methyl/N-ethyl adjacent to an activating group) is 1. The van der Waals surface area contributed by atoms with Crippen molar-refractivity contribution in [2.45, 2.75) is 73.7 Å². The average molecular weight is 500 g/mol. The molecule has 0 amide bonds. The number of rotatable bonds is 4. The number of aryl methyl sites for hydroxylation is 1. The van der Waals surface area contributed by atoms with Gasteiger partial charge in [0.05, 0.1) is 15.9 Å². The van der Waals surface area contributed by atoms with Crippen LogP contribution < -0.4 is 9.47 Å². The molecule has 35 heavy (non-hydrogen) atoms. The average Bonchev–Trinajstić information content (AvgIpc) is 3.15. The summed E-state index contributed by atoms with van der Waals surface area (Å²) >= 11 is 0. The summed E-state index contributed by atoms with van der Waals surface area (Å²) in [6, 6.07) is 10.1. The van der Waals surface area contributed by atoms with Gasteiger partial charge in [-0.2, -0.15) is 8.42 Å². The van der Waals surface area contributed by atoms with Crippen LogP contribution in [-0.4, -0.2) is 61.8 Å². The van der Waals surface area contributed by atoms with Crippen molar-refractivity contribution in [1.82, 2.24) is 4.90 Å². The summed E-state index contributed by atoms with van der Waals surface area (Å²) in [5, 5.41) is 12.3. The molecule has 2 aliphatic heterocycles. The van der Waals surface area contributed by atoms with Crippen LogP contribution in [-0.2, 0) is 30.9 Å². The van der Waals surface area contributed by atoms with Gasteiger partial charge in [0.2, 0.25) is 0 Å². The molecule has 2 aromatic carbocycles. The molecular formula is C26H29NO7S. The molecule has 1 N–H and O–H groups in total. The lowest BCUT2D eigenvalue weighted by atomic mass is 9.49. The summed E-state index contributed by atoms with van der Waals surface area (Å²) in [5.74, 6) is 0.242. The van der Waals surface area contributed by atoms with E-state index in [4.69, 9.17) is 13.7 Å². The number of carbonyl (C=O) groups excluding carboxylic acids is 1. The third-order valence-corrected chi connectivity index (χ3v) is 9.82. The summed E-state index contributed by atoms with van der Waals surface area (Å²) < 4.78 is 44.3. The van der Waals surface area contributed by atoms with Crippen molar-refractivity contribution >= 4 is 16.1 Å². The van der Waals surface area contributed by atoms with E-state index in [-0.39, 0.29) is 10.9 Å². The monoisotopic (exact) mass is 499 g/mol. The molecule has 6 rings (SSSR count). The molecule has 2 fully saturated rings. The summed E-state index contributed by atoms with van der Waals surface area (Å²) in [6.07, 6.45) is 0.394. The molecule has 2 bridgehead atoms. The van der Waals surface area contributed by atoms with Gasteiger partial charge in [0.1, 0.15) is 12.2 Å². The standard InChI is InChI=1S/C26H29NO7S/c1-15-4-7-18(8-5-15)35(30,31)34-20-10-11-26(29)21-14-17-6-9-19(32-16(2)28)23-22(17)25(26,24(20)33-23)12-13-27(21)3/h4-9,20-21,24,29H,10-14H2,1-3H3/t20-,21+,24-,25-,26?/m0/s1. The minimum atomic E-state index is -4.06. The number of hydrogen-bond acceptors (Lipinski definition) is 8. The van der Waals surface area contributed by atoms with Gasteiger partial charge in [0.25, 0.3) is 10.1 Å². The number of carbonyl (C=O) groups is 1. The van der Waals surface area contributed by atoms with Crippen LogP contribution in [0.5, 0.6) is 11.5 Å². The highest BCUT2D eigenvalue weighted by Gasteiger charge is 2.73. The third-order valence-electron chi connectivity index (χ3n) is 8.47. The maximum absolute atomic E-state index is 13.2. The fourth-order valence-corrected chi connectivity index (χ4v) is 8.06. The van der Waals surface area contributed by atoms with E-state index in [2.05, 4.69) is 4.90 Å². The molecule has 0 radical (unpaired) electrons. The van der Waals surface area contributed by atoms with Crippen LogP contribution in [0.15, 0.2) is 41.3 Å². The Hall–Kier alpha value is -2.46. The Labute approximate surface area is 204 Å². The highest BCUT2D eigenvalue weighted by atomic mass is 32.2. The zero-order chi connectivity index (χ0) is 24.8. The fourth-order valence-electron chi connectivity index (χ4n) is 6.95. The van der Waals surface area contributed by atoms with Crippen molar-refractivity contribution in [3.05, 3.63) is 53.1 Å². The Bertz CT molecular complexity index is 1320. The van der Waals surface area contributed by atoms with E-state index in [9.17, 15) is 18.3 Å². The molecule has 1 spiro atoms. The lowest BCUT2D eigenvalue weighted by molar-refractivity contribution is -0.200. The van der Waals surface area contributed by atoms with Crippen LogP contribution in [0.2, 0.25) is 0 Å². The second-order valence-corrected chi connectivity index (χ2v) is 11.9. The van der Waals surface area contributed by atoms with Gasteiger partial charge >= 0.3 is 5.97 Å². The van der Waals surface area contributed by atoms with E-state index in [1.807, 2.05) is 20.0 Å². The van der Waals surface area contributed by atoms with E-state index >= 15 is 0 Å². The first kappa shape index (κ1) is 23.0. The van der Waals surface area contributed by atoms with Crippen molar-refractivity contribution in [3.63, 3.8) is 0 Å².